The zero-order chi connectivity index (χ0) is 26.1. The van der Waals surface area contributed by atoms with Crippen molar-refractivity contribution in [3.63, 3.8) is 0 Å². The molecule has 192 valence electrons. The fraction of sp³-hybridized carbons (Fsp3) is 0.242. The van der Waals surface area contributed by atoms with Gasteiger partial charge in [0.25, 0.3) is 0 Å². The molecule has 5 nitrogen and oxygen atoms in total. The lowest BCUT2D eigenvalue weighted by atomic mass is 10.00. The van der Waals surface area contributed by atoms with Crippen LogP contribution in [0.25, 0.3) is 27.9 Å². The summed E-state index contributed by atoms with van der Waals surface area (Å²) in [5.74, 6) is 0.833. The van der Waals surface area contributed by atoms with Gasteiger partial charge in [-0.25, -0.2) is 0 Å². The summed E-state index contributed by atoms with van der Waals surface area (Å²) in [6.45, 7) is 9.52. The number of aryl methyl sites for hydroxylation is 1. The van der Waals surface area contributed by atoms with E-state index in [0.717, 1.165) is 43.2 Å². The van der Waals surface area contributed by atoms with Crippen LogP contribution in [0.3, 0.4) is 0 Å². The third-order valence-corrected chi connectivity index (χ3v) is 7.66. The number of allylic oxidation sites excluding steroid dienone is 1. The van der Waals surface area contributed by atoms with Gasteiger partial charge in [-0.2, -0.15) is 5.10 Å². The van der Waals surface area contributed by atoms with Gasteiger partial charge in [-0.05, 0) is 74.9 Å². The Hall–Kier alpha value is -4.25. The van der Waals surface area contributed by atoms with Crippen LogP contribution in [0.15, 0.2) is 101 Å². The number of fused-ring (bicyclic) bond motifs is 3. The molecule has 3 aromatic carbocycles. The summed E-state index contributed by atoms with van der Waals surface area (Å²) in [6, 6.07) is 28.3. The van der Waals surface area contributed by atoms with Crippen LogP contribution >= 0.6 is 0 Å². The zero-order valence-corrected chi connectivity index (χ0v) is 22.3. The Labute approximate surface area is 224 Å². The molecule has 2 aromatic heterocycles. The minimum Gasteiger partial charge on any atom is -0.465 e. The lowest BCUT2D eigenvalue weighted by Crippen LogP contribution is -2.22. The number of benzene rings is 3. The molecule has 1 aliphatic rings. The average Bonchev–Trinajstić information content (AvgIpc) is 3.70. The van der Waals surface area contributed by atoms with Crippen LogP contribution in [0.2, 0.25) is 0 Å². The highest BCUT2D eigenvalue weighted by Gasteiger charge is 2.30. The molecular weight excluding hydrogens is 468 g/mol. The van der Waals surface area contributed by atoms with E-state index in [1.54, 1.807) is 6.26 Å². The quantitative estimate of drug-likeness (QED) is 0.214. The molecule has 0 aliphatic carbocycles. The molecule has 0 N–H and O–H groups in total. The van der Waals surface area contributed by atoms with E-state index in [0.29, 0.717) is 0 Å². The first-order valence-electron chi connectivity index (χ1n) is 13.6. The van der Waals surface area contributed by atoms with E-state index in [2.05, 4.69) is 108 Å². The Balaban J connectivity index is 1.47. The second-order valence-corrected chi connectivity index (χ2v) is 9.70. The molecule has 0 spiro atoms. The van der Waals surface area contributed by atoms with E-state index in [4.69, 9.17) is 9.52 Å². The van der Waals surface area contributed by atoms with Crippen LogP contribution in [-0.2, 0) is 6.54 Å². The predicted molar refractivity (Wildman–Crippen MR) is 160 cm³/mol. The predicted octanol–water partition coefficient (Wildman–Crippen LogP) is 8.27. The minimum absolute atomic E-state index is 0.103. The first kappa shape index (κ1) is 24.1. The summed E-state index contributed by atoms with van der Waals surface area (Å²) in [6.07, 6.45) is 6.62. The number of rotatable bonds is 8. The van der Waals surface area contributed by atoms with Crippen LogP contribution < -0.4 is 9.91 Å². The average molecular weight is 503 g/mol. The molecule has 1 atom stereocenters. The summed E-state index contributed by atoms with van der Waals surface area (Å²) in [5, 5.41) is 9.99. The first-order chi connectivity index (χ1) is 18.7. The molecule has 0 radical (unpaired) electrons. The van der Waals surface area contributed by atoms with E-state index >= 15 is 0 Å². The highest BCUT2D eigenvalue weighted by Crippen LogP contribution is 2.42. The highest BCUT2D eigenvalue weighted by molar-refractivity contribution is 6.12. The van der Waals surface area contributed by atoms with Gasteiger partial charge in [0.05, 0.1) is 29.2 Å². The Bertz CT molecular complexity index is 1600. The summed E-state index contributed by atoms with van der Waals surface area (Å²) >= 11 is 0. The van der Waals surface area contributed by atoms with Crippen LogP contribution in [0, 0.1) is 0 Å². The fourth-order valence-corrected chi connectivity index (χ4v) is 5.78. The van der Waals surface area contributed by atoms with Gasteiger partial charge < -0.3 is 13.9 Å². The number of aromatic nitrogens is 1. The maximum Gasteiger partial charge on any atom is 0.126 e. The largest absolute Gasteiger partial charge is 0.465 e. The first-order valence-corrected chi connectivity index (χ1v) is 13.6. The molecule has 0 amide bonds. The van der Waals surface area contributed by atoms with Gasteiger partial charge in [-0.15, -0.1) is 0 Å². The van der Waals surface area contributed by atoms with Gasteiger partial charge in [0, 0.05) is 48.0 Å². The summed E-state index contributed by atoms with van der Waals surface area (Å²) in [4.78, 5) is 2.38. The van der Waals surface area contributed by atoms with E-state index in [1.165, 1.54) is 33.1 Å². The third kappa shape index (κ3) is 4.18. The highest BCUT2D eigenvalue weighted by atomic mass is 16.3. The van der Waals surface area contributed by atoms with Crippen molar-refractivity contribution in [3.05, 3.63) is 103 Å². The lowest BCUT2D eigenvalue weighted by Gasteiger charge is -2.26. The zero-order valence-electron chi connectivity index (χ0n) is 22.3. The molecule has 5 heteroatoms. The van der Waals surface area contributed by atoms with Crippen LogP contribution in [0.5, 0.6) is 0 Å². The van der Waals surface area contributed by atoms with Crippen molar-refractivity contribution in [2.24, 2.45) is 5.10 Å². The summed E-state index contributed by atoms with van der Waals surface area (Å²) < 4.78 is 7.95. The van der Waals surface area contributed by atoms with Crippen LogP contribution in [0.4, 0.5) is 11.4 Å². The van der Waals surface area contributed by atoms with Crippen LogP contribution in [0.1, 0.15) is 44.6 Å². The molecule has 5 aromatic rings. The van der Waals surface area contributed by atoms with E-state index in [-0.39, 0.29) is 6.04 Å². The van der Waals surface area contributed by atoms with Crippen molar-refractivity contribution in [1.82, 2.24) is 4.57 Å². The number of hydrogen-bond acceptors (Lipinski definition) is 4. The van der Waals surface area contributed by atoms with Crippen molar-refractivity contribution >= 4 is 45.0 Å². The number of hydrazone groups is 1. The maximum atomic E-state index is 5.53. The normalized spacial score (nSPS) is 15.7. The Morgan fingerprint density at radius 2 is 1.66 bits per heavy atom. The van der Waals surface area contributed by atoms with Crippen LogP contribution in [-0.4, -0.2) is 23.4 Å². The molecule has 1 aliphatic heterocycles. The standard InChI is InChI=1S/C33H34N4O/c1-4-35(5-2)26-19-16-24(17-20-26)32-23-25(18-21-27-11-10-22-38-27)34-37(32)31-15-9-13-29-28-12-7-8-14-30(28)36(6-3)33(29)31/h7-22,32H,4-6,23H2,1-3H3. The van der Waals surface area contributed by atoms with Crippen molar-refractivity contribution in [2.75, 3.05) is 23.0 Å². The molecule has 1 unspecified atom stereocenters. The molecule has 6 rings (SSSR count). The van der Waals surface area contributed by atoms with Gasteiger partial charge in [-0.1, -0.05) is 42.5 Å². The Morgan fingerprint density at radius 1 is 0.868 bits per heavy atom. The minimum atomic E-state index is 0.103. The fourth-order valence-electron chi connectivity index (χ4n) is 5.78. The Kier molecular flexibility index (Phi) is 6.50. The molecule has 0 bridgehead atoms. The van der Waals surface area contributed by atoms with Crippen molar-refractivity contribution in [1.29, 1.82) is 0 Å². The number of para-hydroxylation sites is 2. The third-order valence-electron chi connectivity index (χ3n) is 7.66. The van der Waals surface area contributed by atoms with Gasteiger partial charge >= 0.3 is 0 Å². The van der Waals surface area contributed by atoms with Gasteiger partial charge in [0.1, 0.15) is 5.76 Å². The molecule has 0 saturated heterocycles. The van der Waals surface area contributed by atoms with Crippen molar-refractivity contribution in [3.8, 4) is 0 Å². The van der Waals surface area contributed by atoms with E-state index in [9.17, 15) is 0 Å². The molecular formula is C33H34N4O. The second-order valence-electron chi connectivity index (χ2n) is 9.70. The van der Waals surface area contributed by atoms with E-state index < -0.39 is 0 Å². The summed E-state index contributed by atoms with van der Waals surface area (Å²) in [5.41, 5.74) is 7.20. The topological polar surface area (TPSA) is 36.9 Å². The number of anilines is 2. The smallest absolute Gasteiger partial charge is 0.126 e. The Morgan fingerprint density at radius 3 is 2.39 bits per heavy atom. The molecule has 3 heterocycles. The second kappa shape index (κ2) is 10.3. The molecule has 38 heavy (non-hydrogen) atoms. The van der Waals surface area contributed by atoms with Gasteiger partial charge in [0.2, 0.25) is 0 Å². The number of nitrogens with zero attached hydrogens (tertiary/aromatic N) is 4. The lowest BCUT2D eigenvalue weighted by molar-refractivity contribution is 0.557. The van der Waals surface area contributed by atoms with Crippen molar-refractivity contribution < 1.29 is 4.42 Å². The SMILES string of the molecule is CCN(CC)c1ccc(C2CC(C=Cc3ccco3)=NN2c2cccc3c4ccccc4n(CC)c23)cc1. The summed E-state index contributed by atoms with van der Waals surface area (Å²) in [7, 11) is 0. The number of hydrogen-bond donors (Lipinski definition) is 0. The molecule has 0 saturated carbocycles. The van der Waals surface area contributed by atoms with Gasteiger partial charge in [-0.3, -0.25) is 5.01 Å². The monoisotopic (exact) mass is 502 g/mol. The maximum absolute atomic E-state index is 5.53. The molecule has 0 fully saturated rings. The number of furan rings is 1. The van der Waals surface area contributed by atoms with Gasteiger partial charge in [0.15, 0.2) is 0 Å². The van der Waals surface area contributed by atoms with Crippen molar-refractivity contribution in [2.45, 2.75) is 39.8 Å². The van der Waals surface area contributed by atoms with E-state index in [1.807, 2.05) is 18.2 Å².